The van der Waals surface area contributed by atoms with Crippen LogP contribution in [0.25, 0.3) is 0 Å². The summed E-state index contributed by atoms with van der Waals surface area (Å²) in [5.74, 6) is -0.0273. The first-order valence-corrected chi connectivity index (χ1v) is 5.15. The molecule has 1 N–H and O–H groups in total. The average Bonchev–Trinajstić information content (AvgIpc) is 2.85. The van der Waals surface area contributed by atoms with Gasteiger partial charge in [-0.2, -0.15) is 0 Å². The summed E-state index contributed by atoms with van der Waals surface area (Å²) in [7, 11) is 0. The second-order valence-electron chi connectivity index (χ2n) is 3.42. The van der Waals surface area contributed by atoms with Crippen LogP contribution in [0.15, 0.2) is 35.1 Å². The van der Waals surface area contributed by atoms with Crippen molar-refractivity contribution in [1.29, 1.82) is 0 Å². The van der Waals surface area contributed by atoms with Crippen molar-refractivity contribution in [3.8, 4) is 11.5 Å². The van der Waals surface area contributed by atoms with Crippen LogP contribution in [-0.2, 0) is 6.42 Å². The van der Waals surface area contributed by atoms with Gasteiger partial charge in [0.2, 0.25) is 0 Å². The standard InChI is InChI=1S/C12H11NO4/c1-2-8-7-9(14)3-4-11(8)17-12(15)10-5-6-16-13-10/h3-7,14H,2H2,1H3. The molecule has 0 aliphatic carbocycles. The van der Waals surface area contributed by atoms with Gasteiger partial charge in [-0.05, 0) is 30.2 Å². The molecule has 0 saturated heterocycles. The molecule has 0 aliphatic rings. The van der Waals surface area contributed by atoms with Gasteiger partial charge in [-0.15, -0.1) is 0 Å². The number of aryl methyl sites for hydroxylation is 1. The van der Waals surface area contributed by atoms with Crippen LogP contribution in [0.1, 0.15) is 23.0 Å². The summed E-state index contributed by atoms with van der Waals surface area (Å²) in [5.41, 5.74) is 0.863. The molecule has 5 nitrogen and oxygen atoms in total. The van der Waals surface area contributed by atoms with Gasteiger partial charge in [0.05, 0.1) is 0 Å². The first-order valence-electron chi connectivity index (χ1n) is 5.15. The minimum absolute atomic E-state index is 0.111. The van der Waals surface area contributed by atoms with E-state index >= 15 is 0 Å². The van der Waals surface area contributed by atoms with Crippen LogP contribution in [0, 0.1) is 0 Å². The number of carbonyl (C=O) groups is 1. The molecule has 0 aliphatic heterocycles. The number of rotatable bonds is 3. The molecule has 2 aromatic rings. The second-order valence-corrected chi connectivity index (χ2v) is 3.42. The fourth-order valence-electron chi connectivity index (χ4n) is 1.41. The van der Waals surface area contributed by atoms with Gasteiger partial charge in [0.15, 0.2) is 5.69 Å². The highest BCUT2D eigenvalue weighted by Crippen LogP contribution is 2.24. The van der Waals surface area contributed by atoms with Gasteiger partial charge >= 0.3 is 5.97 Å². The number of ether oxygens (including phenoxy) is 1. The first-order chi connectivity index (χ1) is 8.20. The van der Waals surface area contributed by atoms with Crippen LogP contribution in [0.5, 0.6) is 11.5 Å². The van der Waals surface area contributed by atoms with E-state index in [1.165, 1.54) is 18.4 Å². The van der Waals surface area contributed by atoms with E-state index in [1.807, 2.05) is 6.92 Å². The Hall–Kier alpha value is -2.30. The molecule has 17 heavy (non-hydrogen) atoms. The minimum atomic E-state index is -0.584. The molecule has 0 fully saturated rings. The lowest BCUT2D eigenvalue weighted by Crippen LogP contribution is -2.09. The van der Waals surface area contributed by atoms with Crippen molar-refractivity contribution in [2.45, 2.75) is 13.3 Å². The van der Waals surface area contributed by atoms with Crippen molar-refractivity contribution in [2.75, 3.05) is 0 Å². The van der Waals surface area contributed by atoms with Crippen LogP contribution >= 0.6 is 0 Å². The molecule has 2 rings (SSSR count). The lowest BCUT2D eigenvalue weighted by molar-refractivity contribution is 0.0722. The highest BCUT2D eigenvalue weighted by molar-refractivity contribution is 5.88. The number of esters is 1. The number of hydrogen-bond acceptors (Lipinski definition) is 5. The topological polar surface area (TPSA) is 72.6 Å². The van der Waals surface area contributed by atoms with E-state index in [2.05, 4.69) is 9.68 Å². The minimum Gasteiger partial charge on any atom is -0.508 e. The van der Waals surface area contributed by atoms with Crippen molar-refractivity contribution in [3.05, 3.63) is 41.8 Å². The van der Waals surface area contributed by atoms with Crippen molar-refractivity contribution < 1.29 is 19.2 Å². The molecule has 88 valence electrons. The van der Waals surface area contributed by atoms with Crippen LogP contribution in [0.3, 0.4) is 0 Å². The molecular weight excluding hydrogens is 222 g/mol. The zero-order chi connectivity index (χ0) is 12.3. The number of phenols is 1. The maximum Gasteiger partial charge on any atom is 0.365 e. The molecule has 5 heteroatoms. The fourth-order valence-corrected chi connectivity index (χ4v) is 1.41. The van der Waals surface area contributed by atoms with E-state index in [0.29, 0.717) is 12.2 Å². The molecule has 1 aromatic carbocycles. The molecule has 0 bridgehead atoms. The normalized spacial score (nSPS) is 10.2. The van der Waals surface area contributed by atoms with Gasteiger partial charge in [0, 0.05) is 6.07 Å². The number of aromatic hydroxyl groups is 1. The third-order valence-corrected chi connectivity index (χ3v) is 2.27. The number of aromatic nitrogens is 1. The smallest absolute Gasteiger partial charge is 0.365 e. The van der Waals surface area contributed by atoms with Crippen molar-refractivity contribution in [1.82, 2.24) is 5.16 Å². The Morgan fingerprint density at radius 2 is 2.29 bits per heavy atom. The van der Waals surface area contributed by atoms with Crippen LogP contribution in [0.2, 0.25) is 0 Å². The van der Waals surface area contributed by atoms with E-state index in [0.717, 1.165) is 5.56 Å². The molecule has 1 heterocycles. The molecule has 0 saturated carbocycles. The van der Waals surface area contributed by atoms with Gasteiger partial charge < -0.3 is 14.4 Å². The highest BCUT2D eigenvalue weighted by Gasteiger charge is 2.13. The Kier molecular flexibility index (Phi) is 3.09. The summed E-state index contributed by atoms with van der Waals surface area (Å²) in [5, 5.41) is 12.8. The second kappa shape index (κ2) is 4.69. The Morgan fingerprint density at radius 1 is 1.47 bits per heavy atom. The Morgan fingerprint density at radius 3 is 2.94 bits per heavy atom. The van der Waals surface area contributed by atoms with Crippen molar-refractivity contribution in [2.24, 2.45) is 0 Å². The number of carbonyl (C=O) groups excluding carboxylic acids is 1. The predicted octanol–water partition coefficient (Wildman–Crippen LogP) is 2.16. The maximum absolute atomic E-state index is 11.6. The van der Waals surface area contributed by atoms with Gasteiger partial charge in [-0.1, -0.05) is 12.1 Å². The van der Waals surface area contributed by atoms with Crippen molar-refractivity contribution >= 4 is 5.97 Å². The molecule has 0 unspecified atom stereocenters. The Bertz CT molecular complexity index is 519. The summed E-state index contributed by atoms with van der Waals surface area (Å²) >= 11 is 0. The predicted molar refractivity (Wildman–Crippen MR) is 58.9 cm³/mol. The zero-order valence-electron chi connectivity index (χ0n) is 9.21. The summed E-state index contributed by atoms with van der Waals surface area (Å²) in [6.45, 7) is 1.90. The first kappa shape index (κ1) is 11.2. The molecule has 0 amide bonds. The maximum atomic E-state index is 11.6. The number of benzene rings is 1. The van der Waals surface area contributed by atoms with Crippen LogP contribution in [0.4, 0.5) is 0 Å². The molecular formula is C12H11NO4. The van der Waals surface area contributed by atoms with Gasteiger partial charge in [0.1, 0.15) is 17.8 Å². The number of phenolic OH excluding ortho intramolecular Hbond substituents is 1. The Labute approximate surface area is 97.6 Å². The summed E-state index contributed by atoms with van der Waals surface area (Å²) < 4.78 is 9.72. The van der Waals surface area contributed by atoms with Gasteiger partial charge in [0.25, 0.3) is 0 Å². The molecule has 0 spiro atoms. The summed E-state index contributed by atoms with van der Waals surface area (Å²) in [4.78, 5) is 11.6. The third kappa shape index (κ3) is 2.44. The van der Waals surface area contributed by atoms with E-state index < -0.39 is 5.97 Å². The lowest BCUT2D eigenvalue weighted by atomic mass is 10.1. The average molecular weight is 233 g/mol. The SMILES string of the molecule is CCc1cc(O)ccc1OC(=O)c1ccon1. The van der Waals surface area contributed by atoms with E-state index in [9.17, 15) is 9.90 Å². The number of nitrogens with zero attached hydrogens (tertiary/aromatic N) is 1. The van der Waals surface area contributed by atoms with E-state index in [-0.39, 0.29) is 11.4 Å². The van der Waals surface area contributed by atoms with Crippen molar-refractivity contribution in [3.63, 3.8) is 0 Å². The quantitative estimate of drug-likeness (QED) is 0.649. The van der Waals surface area contributed by atoms with Gasteiger partial charge in [-0.25, -0.2) is 4.79 Å². The largest absolute Gasteiger partial charge is 0.508 e. The highest BCUT2D eigenvalue weighted by atomic mass is 16.5. The Balaban J connectivity index is 2.21. The summed E-state index contributed by atoms with van der Waals surface area (Å²) in [6, 6.07) is 6.00. The van der Waals surface area contributed by atoms with E-state index in [4.69, 9.17) is 4.74 Å². The fraction of sp³-hybridized carbons (Fsp3) is 0.167. The van der Waals surface area contributed by atoms with Crippen LogP contribution in [-0.4, -0.2) is 16.2 Å². The van der Waals surface area contributed by atoms with Gasteiger partial charge in [-0.3, -0.25) is 0 Å². The van der Waals surface area contributed by atoms with Crippen LogP contribution < -0.4 is 4.74 Å². The lowest BCUT2D eigenvalue weighted by Gasteiger charge is -2.07. The number of hydrogen-bond donors (Lipinski definition) is 1. The summed E-state index contributed by atoms with van der Waals surface area (Å²) in [6.07, 6.45) is 1.95. The monoisotopic (exact) mass is 233 g/mol. The van der Waals surface area contributed by atoms with E-state index in [1.54, 1.807) is 12.1 Å². The zero-order valence-corrected chi connectivity index (χ0v) is 9.21. The molecule has 0 radical (unpaired) electrons. The molecule has 0 atom stereocenters. The third-order valence-electron chi connectivity index (χ3n) is 2.27. The molecule has 1 aromatic heterocycles.